The molecule has 1 rings (SSSR count). The van der Waals surface area contributed by atoms with Crippen molar-refractivity contribution in [2.45, 2.75) is 13.2 Å². The van der Waals surface area contributed by atoms with Crippen LogP contribution in [-0.4, -0.2) is 29.1 Å². The van der Waals surface area contributed by atoms with Crippen LogP contribution in [0, 0.1) is 0 Å². The molecule has 0 aromatic rings. The first-order chi connectivity index (χ1) is 5.16. The van der Waals surface area contributed by atoms with Crippen LogP contribution in [0.5, 0.6) is 0 Å². The summed E-state index contributed by atoms with van der Waals surface area (Å²) in [7, 11) is 0. The maximum Gasteiger partial charge on any atom is 0.180 e. The van der Waals surface area contributed by atoms with Gasteiger partial charge in [-0.15, -0.1) is 0 Å². The van der Waals surface area contributed by atoms with E-state index >= 15 is 0 Å². The van der Waals surface area contributed by atoms with Gasteiger partial charge in [0.05, 0.1) is 16.3 Å². The van der Waals surface area contributed by atoms with Crippen LogP contribution in [0.2, 0.25) is 0 Å². The first-order valence-corrected chi connectivity index (χ1v) is 3.96. The van der Waals surface area contributed by atoms with Crippen molar-refractivity contribution in [3.05, 3.63) is 10.1 Å². The molecule has 62 valence electrons. The van der Waals surface area contributed by atoms with Crippen LogP contribution in [0.25, 0.3) is 0 Å². The van der Waals surface area contributed by atoms with E-state index in [1.165, 1.54) is 11.2 Å². The summed E-state index contributed by atoms with van der Waals surface area (Å²) in [5, 5.41) is 15.1. The molecule has 0 saturated carbocycles. The lowest BCUT2D eigenvalue weighted by Crippen LogP contribution is -2.33. The number of aliphatic hydroxyl groups is 1. The first kappa shape index (κ1) is 8.84. The van der Waals surface area contributed by atoms with Gasteiger partial charge in [-0.3, -0.25) is 5.01 Å². The molecule has 0 aliphatic carbocycles. The van der Waals surface area contributed by atoms with Gasteiger partial charge >= 0.3 is 0 Å². The van der Waals surface area contributed by atoms with E-state index < -0.39 is 6.23 Å². The molecule has 0 saturated heterocycles. The fourth-order valence-electron chi connectivity index (χ4n) is 0.758. The highest BCUT2D eigenvalue weighted by Gasteiger charge is 2.21. The van der Waals surface area contributed by atoms with Gasteiger partial charge in [0.15, 0.2) is 6.23 Å². The number of nitrogens with zero attached hydrogens (tertiary/aromatic N) is 2. The normalized spacial score (nSPS) is 24.7. The third kappa shape index (κ3) is 1.67. The number of aliphatic hydroxyl groups excluding tert-OH is 1. The van der Waals surface area contributed by atoms with E-state index in [-0.39, 0.29) is 5.03 Å². The Morgan fingerprint density at radius 1 is 1.73 bits per heavy atom. The quantitative estimate of drug-likeness (QED) is 0.684. The maximum absolute atomic E-state index is 9.35. The highest BCUT2D eigenvalue weighted by atomic mass is 35.5. The van der Waals surface area contributed by atoms with Crippen molar-refractivity contribution < 1.29 is 5.11 Å². The van der Waals surface area contributed by atoms with Gasteiger partial charge in [0, 0.05) is 6.54 Å². The van der Waals surface area contributed by atoms with Gasteiger partial charge in [0.2, 0.25) is 0 Å². The molecule has 0 bridgehead atoms. The second-order valence-electron chi connectivity index (χ2n) is 2.07. The summed E-state index contributed by atoms with van der Waals surface area (Å²) in [5.74, 6) is 0. The Kier molecular flexibility index (Phi) is 2.76. The van der Waals surface area contributed by atoms with Gasteiger partial charge in [-0.25, -0.2) is 0 Å². The molecule has 3 nitrogen and oxygen atoms in total. The lowest BCUT2D eigenvalue weighted by molar-refractivity contribution is 0.0428. The summed E-state index contributed by atoms with van der Waals surface area (Å²) in [6.07, 6.45) is 0.527. The van der Waals surface area contributed by atoms with Crippen LogP contribution in [0.1, 0.15) is 6.92 Å². The molecule has 0 radical (unpaired) electrons. The predicted octanol–water partition coefficient (Wildman–Crippen LogP) is 1.32. The summed E-state index contributed by atoms with van der Waals surface area (Å²) < 4.78 is 0. The zero-order valence-corrected chi connectivity index (χ0v) is 7.47. The van der Waals surface area contributed by atoms with Crippen molar-refractivity contribution in [2.24, 2.45) is 5.10 Å². The minimum absolute atomic E-state index is 0.225. The van der Waals surface area contributed by atoms with Crippen molar-refractivity contribution in [1.29, 1.82) is 0 Å². The third-order valence-electron chi connectivity index (χ3n) is 1.38. The van der Waals surface area contributed by atoms with Crippen LogP contribution in [0.3, 0.4) is 0 Å². The molecule has 1 aliphatic heterocycles. The molecule has 0 aromatic heterocycles. The maximum atomic E-state index is 9.35. The van der Waals surface area contributed by atoms with Crippen molar-refractivity contribution in [3.8, 4) is 0 Å². The van der Waals surface area contributed by atoms with E-state index in [4.69, 9.17) is 23.2 Å². The summed E-state index contributed by atoms with van der Waals surface area (Å²) in [5.41, 5.74) is 0. The van der Waals surface area contributed by atoms with E-state index in [9.17, 15) is 5.11 Å². The molecule has 1 aliphatic rings. The average molecular weight is 195 g/mol. The predicted molar refractivity (Wildman–Crippen MR) is 45.6 cm³/mol. The van der Waals surface area contributed by atoms with Gasteiger partial charge < -0.3 is 5.11 Å². The minimum Gasteiger partial charge on any atom is -0.367 e. The van der Waals surface area contributed by atoms with Crippen molar-refractivity contribution in [2.75, 3.05) is 6.54 Å². The fourth-order valence-corrected chi connectivity index (χ4v) is 1.06. The topological polar surface area (TPSA) is 35.8 Å². The van der Waals surface area contributed by atoms with Gasteiger partial charge in [-0.1, -0.05) is 23.2 Å². The fraction of sp³-hybridized carbons (Fsp3) is 0.500. The number of allylic oxidation sites excluding steroid dienone is 1. The lowest BCUT2D eigenvalue weighted by Gasteiger charge is -2.26. The lowest BCUT2D eigenvalue weighted by atomic mass is 10.4. The molecule has 0 fully saturated rings. The zero-order valence-electron chi connectivity index (χ0n) is 5.96. The summed E-state index contributed by atoms with van der Waals surface area (Å²) in [6, 6.07) is 0. The molecule has 1 atom stereocenters. The Balaban J connectivity index is 2.82. The van der Waals surface area contributed by atoms with Gasteiger partial charge in [-0.2, -0.15) is 5.10 Å². The Morgan fingerprint density at radius 3 is 2.91 bits per heavy atom. The minimum atomic E-state index is -0.890. The average Bonchev–Trinajstić information content (AvgIpc) is 2.01. The van der Waals surface area contributed by atoms with E-state index in [0.29, 0.717) is 11.6 Å². The molecular weight excluding hydrogens is 187 g/mol. The second kappa shape index (κ2) is 3.43. The molecule has 0 aromatic carbocycles. The standard InChI is InChI=1S/C6H8Cl2N2O/c1-2-10-6(11)5(8)4(7)3-9-10/h3,6,11H,2H2,1H3. The monoisotopic (exact) mass is 194 g/mol. The van der Waals surface area contributed by atoms with Crippen LogP contribution < -0.4 is 0 Å². The van der Waals surface area contributed by atoms with Gasteiger partial charge in [0.1, 0.15) is 0 Å². The summed E-state index contributed by atoms with van der Waals surface area (Å²) in [4.78, 5) is 0. The Hall–Kier alpha value is -0.250. The number of halogens is 2. The second-order valence-corrected chi connectivity index (χ2v) is 2.88. The Morgan fingerprint density at radius 2 is 2.36 bits per heavy atom. The molecule has 1 heterocycles. The smallest absolute Gasteiger partial charge is 0.180 e. The summed E-state index contributed by atoms with van der Waals surface area (Å²) in [6.45, 7) is 2.46. The molecule has 0 spiro atoms. The zero-order chi connectivity index (χ0) is 8.43. The largest absolute Gasteiger partial charge is 0.367 e. The van der Waals surface area contributed by atoms with E-state index in [1.807, 2.05) is 6.92 Å². The molecular formula is C6H8Cl2N2O. The van der Waals surface area contributed by atoms with Crippen molar-refractivity contribution >= 4 is 29.4 Å². The molecule has 1 N–H and O–H groups in total. The van der Waals surface area contributed by atoms with E-state index in [0.717, 1.165) is 0 Å². The van der Waals surface area contributed by atoms with Crippen LogP contribution >= 0.6 is 23.2 Å². The van der Waals surface area contributed by atoms with E-state index in [2.05, 4.69) is 5.10 Å². The SMILES string of the molecule is CCN1N=CC(Cl)=C(Cl)C1O. The van der Waals surface area contributed by atoms with Crippen LogP contribution in [-0.2, 0) is 0 Å². The number of rotatable bonds is 1. The Labute approximate surface area is 74.9 Å². The number of hydrazone groups is 1. The first-order valence-electron chi connectivity index (χ1n) is 3.20. The van der Waals surface area contributed by atoms with Crippen molar-refractivity contribution in [1.82, 2.24) is 5.01 Å². The Bertz CT molecular complexity index is 215. The highest BCUT2D eigenvalue weighted by Crippen LogP contribution is 2.22. The summed E-state index contributed by atoms with van der Waals surface area (Å²) >= 11 is 11.3. The van der Waals surface area contributed by atoms with Crippen LogP contribution in [0.15, 0.2) is 15.2 Å². The number of hydrogen-bond donors (Lipinski definition) is 1. The highest BCUT2D eigenvalue weighted by molar-refractivity contribution is 6.46. The number of hydrogen-bond acceptors (Lipinski definition) is 3. The molecule has 11 heavy (non-hydrogen) atoms. The third-order valence-corrected chi connectivity index (χ3v) is 2.18. The van der Waals surface area contributed by atoms with Gasteiger partial charge in [0.25, 0.3) is 0 Å². The van der Waals surface area contributed by atoms with E-state index in [1.54, 1.807) is 0 Å². The molecule has 5 heteroatoms. The van der Waals surface area contributed by atoms with Crippen molar-refractivity contribution in [3.63, 3.8) is 0 Å². The van der Waals surface area contributed by atoms with Gasteiger partial charge in [-0.05, 0) is 6.92 Å². The molecule has 0 amide bonds. The van der Waals surface area contributed by atoms with Crippen LogP contribution in [0.4, 0.5) is 0 Å². The molecule has 1 unspecified atom stereocenters. The number of likely N-dealkylation sites (N-methyl/N-ethyl adjacent to an activating group) is 1.